The molecule has 3 aromatic rings. The van der Waals surface area contributed by atoms with Crippen LogP contribution in [0, 0.1) is 24.0 Å². The largest absolute Gasteiger partial charge is 0.325 e. The van der Waals surface area contributed by atoms with Crippen LogP contribution in [-0.2, 0) is 11.3 Å². The highest BCUT2D eigenvalue weighted by atomic mass is 32.2. The van der Waals surface area contributed by atoms with E-state index in [-0.39, 0.29) is 23.7 Å². The van der Waals surface area contributed by atoms with E-state index >= 15 is 0 Å². The monoisotopic (exact) mass is 444 g/mol. The van der Waals surface area contributed by atoms with Crippen LogP contribution in [0.1, 0.15) is 17.4 Å². The van der Waals surface area contributed by atoms with Gasteiger partial charge in [-0.1, -0.05) is 17.8 Å². The summed E-state index contributed by atoms with van der Waals surface area (Å²) in [5, 5.41) is 14.0. The topological polar surface area (TPSA) is 107 Å². The quantitative estimate of drug-likeness (QED) is 0.192. The average Bonchev–Trinajstić information content (AvgIpc) is 2.99. The number of hydrogen-bond donors (Lipinski definition) is 1. The van der Waals surface area contributed by atoms with Crippen LogP contribution < -0.4 is 10.9 Å². The smallest absolute Gasteiger partial charge is 0.269 e. The molecule has 1 aromatic carbocycles. The van der Waals surface area contributed by atoms with Crippen LogP contribution in [0.25, 0.3) is 10.2 Å². The van der Waals surface area contributed by atoms with E-state index in [1.807, 2.05) is 13.8 Å². The molecule has 0 saturated carbocycles. The van der Waals surface area contributed by atoms with Gasteiger partial charge in [0.25, 0.3) is 11.2 Å². The van der Waals surface area contributed by atoms with Crippen molar-refractivity contribution in [3.8, 4) is 0 Å². The Hall–Kier alpha value is -2.98. The van der Waals surface area contributed by atoms with Gasteiger partial charge in [-0.25, -0.2) is 4.98 Å². The second-order valence-electron chi connectivity index (χ2n) is 6.62. The first-order valence-corrected chi connectivity index (χ1v) is 10.8. The fourth-order valence-electron chi connectivity index (χ4n) is 2.81. The minimum atomic E-state index is -0.553. The van der Waals surface area contributed by atoms with Gasteiger partial charge in [-0.3, -0.25) is 24.3 Å². The lowest BCUT2D eigenvalue weighted by molar-refractivity contribution is -0.384. The summed E-state index contributed by atoms with van der Waals surface area (Å²) in [5.41, 5.74) is 1.18. The molecule has 0 bridgehead atoms. The van der Waals surface area contributed by atoms with Crippen molar-refractivity contribution in [2.24, 2.45) is 0 Å². The molecule has 1 amide bonds. The standard InChI is InChI=1S/C20H20N4O4S2/c1-5-10-23-19(26)16-11(2)12(3)29-18(16)22-20(23)30-13(4)17(25)21-14-6-8-15(9-7-14)24(27)28/h5-9,13H,1,10H2,2-4H3,(H,21,25). The van der Waals surface area contributed by atoms with Gasteiger partial charge < -0.3 is 5.32 Å². The molecular weight excluding hydrogens is 424 g/mol. The number of nitro benzene ring substituents is 1. The summed E-state index contributed by atoms with van der Waals surface area (Å²) in [7, 11) is 0. The zero-order chi connectivity index (χ0) is 22.0. The van der Waals surface area contributed by atoms with Crippen LogP contribution >= 0.6 is 23.1 Å². The van der Waals surface area contributed by atoms with E-state index < -0.39 is 10.2 Å². The van der Waals surface area contributed by atoms with Crippen molar-refractivity contribution >= 4 is 50.6 Å². The van der Waals surface area contributed by atoms with Crippen molar-refractivity contribution in [2.45, 2.75) is 37.7 Å². The molecule has 0 saturated heterocycles. The van der Waals surface area contributed by atoms with Gasteiger partial charge >= 0.3 is 0 Å². The van der Waals surface area contributed by atoms with Crippen molar-refractivity contribution in [3.63, 3.8) is 0 Å². The first kappa shape index (κ1) is 21.7. The van der Waals surface area contributed by atoms with E-state index in [0.717, 1.165) is 10.4 Å². The number of amides is 1. The molecule has 30 heavy (non-hydrogen) atoms. The third-order valence-corrected chi connectivity index (χ3v) is 6.75. The van der Waals surface area contributed by atoms with Crippen LogP contribution in [0.3, 0.4) is 0 Å². The fourth-order valence-corrected chi connectivity index (χ4v) is 4.80. The molecule has 3 rings (SSSR count). The van der Waals surface area contributed by atoms with Gasteiger partial charge in [0.05, 0.1) is 15.6 Å². The third-order valence-electron chi connectivity index (χ3n) is 4.56. The molecule has 0 fully saturated rings. The number of rotatable bonds is 7. The Morgan fingerprint density at radius 3 is 2.67 bits per heavy atom. The van der Waals surface area contributed by atoms with Gasteiger partial charge in [0, 0.05) is 29.2 Å². The minimum Gasteiger partial charge on any atom is -0.325 e. The average molecular weight is 445 g/mol. The van der Waals surface area contributed by atoms with E-state index in [0.29, 0.717) is 21.1 Å². The summed E-state index contributed by atoms with van der Waals surface area (Å²) in [6.45, 7) is 9.57. The maximum Gasteiger partial charge on any atom is 0.269 e. The molecule has 2 heterocycles. The molecule has 1 unspecified atom stereocenters. The van der Waals surface area contributed by atoms with Crippen molar-refractivity contribution in [2.75, 3.05) is 5.32 Å². The Bertz CT molecular complexity index is 1200. The minimum absolute atomic E-state index is 0.0529. The molecule has 8 nitrogen and oxygen atoms in total. The molecule has 1 atom stereocenters. The van der Waals surface area contributed by atoms with Gasteiger partial charge in [-0.2, -0.15) is 0 Å². The van der Waals surface area contributed by atoms with Gasteiger partial charge in [-0.05, 0) is 38.5 Å². The van der Waals surface area contributed by atoms with Gasteiger partial charge in [0.15, 0.2) is 5.16 Å². The number of hydrogen-bond acceptors (Lipinski definition) is 7. The third kappa shape index (κ3) is 4.29. The van der Waals surface area contributed by atoms with E-state index in [1.165, 1.54) is 51.9 Å². The van der Waals surface area contributed by atoms with Gasteiger partial charge in [0.1, 0.15) is 4.83 Å². The van der Waals surface area contributed by atoms with E-state index in [9.17, 15) is 19.7 Å². The summed E-state index contributed by atoms with van der Waals surface area (Å²) < 4.78 is 1.52. The molecule has 0 radical (unpaired) electrons. The van der Waals surface area contributed by atoms with Crippen LogP contribution in [0.2, 0.25) is 0 Å². The Kier molecular flexibility index (Phi) is 6.37. The summed E-state index contributed by atoms with van der Waals surface area (Å²) in [4.78, 5) is 42.2. The SMILES string of the molecule is C=CCn1c(SC(C)C(=O)Nc2ccc([N+](=O)[O-])cc2)nc2sc(C)c(C)c2c1=O. The highest BCUT2D eigenvalue weighted by Crippen LogP contribution is 2.30. The summed E-state index contributed by atoms with van der Waals surface area (Å²) in [5.74, 6) is -0.299. The molecule has 10 heteroatoms. The van der Waals surface area contributed by atoms with Crippen LogP contribution in [0.5, 0.6) is 0 Å². The second kappa shape index (κ2) is 8.80. The van der Waals surface area contributed by atoms with Crippen molar-refractivity contribution in [1.29, 1.82) is 0 Å². The molecule has 0 aliphatic carbocycles. The zero-order valence-corrected chi connectivity index (χ0v) is 18.3. The Labute approximate surface area is 180 Å². The number of aromatic nitrogens is 2. The van der Waals surface area contributed by atoms with Crippen LogP contribution in [0.15, 0.2) is 46.9 Å². The predicted octanol–water partition coefficient (Wildman–Crippen LogP) is 4.29. The number of non-ortho nitro benzene ring substituents is 1. The number of thioether (sulfide) groups is 1. The number of nitrogens with zero attached hydrogens (tertiary/aromatic N) is 3. The number of anilines is 1. The lowest BCUT2D eigenvalue weighted by Crippen LogP contribution is -2.26. The fraction of sp³-hybridized carbons (Fsp3) is 0.250. The van der Waals surface area contributed by atoms with E-state index in [4.69, 9.17) is 0 Å². The summed E-state index contributed by atoms with van der Waals surface area (Å²) >= 11 is 2.64. The number of carbonyl (C=O) groups excluding carboxylic acids is 1. The predicted molar refractivity (Wildman–Crippen MR) is 121 cm³/mol. The number of nitro groups is 1. The van der Waals surface area contributed by atoms with Crippen molar-refractivity contribution in [3.05, 3.63) is 67.8 Å². The number of carbonyl (C=O) groups is 1. The molecule has 0 aliphatic heterocycles. The summed E-state index contributed by atoms with van der Waals surface area (Å²) in [6, 6.07) is 5.60. The van der Waals surface area contributed by atoms with Crippen LogP contribution in [0.4, 0.5) is 11.4 Å². The maximum absolute atomic E-state index is 13.0. The number of thiophene rings is 1. The van der Waals surface area contributed by atoms with Crippen molar-refractivity contribution in [1.82, 2.24) is 9.55 Å². The highest BCUT2D eigenvalue weighted by Gasteiger charge is 2.21. The van der Waals surface area contributed by atoms with E-state index in [2.05, 4.69) is 16.9 Å². The van der Waals surface area contributed by atoms with Crippen molar-refractivity contribution < 1.29 is 9.72 Å². The first-order valence-electron chi connectivity index (χ1n) is 9.06. The molecule has 1 N–H and O–H groups in total. The lowest BCUT2D eigenvalue weighted by atomic mass is 10.2. The maximum atomic E-state index is 13.0. The van der Waals surface area contributed by atoms with Gasteiger partial charge in [0.2, 0.25) is 5.91 Å². The Morgan fingerprint density at radius 1 is 1.40 bits per heavy atom. The number of nitrogens with one attached hydrogen (secondary N) is 1. The normalized spacial score (nSPS) is 12.0. The Balaban J connectivity index is 1.86. The first-order chi connectivity index (χ1) is 14.2. The molecule has 156 valence electrons. The number of allylic oxidation sites excluding steroid dienone is 1. The molecular formula is C20H20N4O4S2. The molecule has 0 spiro atoms. The number of benzene rings is 1. The molecule has 0 aliphatic rings. The zero-order valence-electron chi connectivity index (χ0n) is 16.7. The van der Waals surface area contributed by atoms with E-state index in [1.54, 1.807) is 13.0 Å². The van der Waals surface area contributed by atoms with Crippen LogP contribution in [-0.4, -0.2) is 25.6 Å². The Morgan fingerprint density at radius 2 is 2.07 bits per heavy atom. The second-order valence-corrected chi connectivity index (χ2v) is 9.13. The number of aryl methyl sites for hydroxylation is 2. The summed E-state index contributed by atoms with van der Waals surface area (Å²) in [6.07, 6.45) is 1.62. The van der Waals surface area contributed by atoms with Gasteiger partial charge in [-0.15, -0.1) is 17.9 Å². The lowest BCUT2D eigenvalue weighted by Gasteiger charge is -2.15. The highest BCUT2D eigenvalue weighted by molar-refractivity contribution is 8.00. The molecule has 2 aromatic heterocycles. The number of fused-ring (bicyclic) bond motifs is 1.